The second kappa shape index (κ2) is 7.65. The first-order valence-electron chi connectivity index (χ1n) is 11.1. The summed E-state index contributed by atoms with van der Waals surface area (Å²) in [5.74, 6) is -0.297. The topological polar surface area (TPSA) is 112 Å². The van der Waals surface area contributed by atoms with Gasteiger partial charge in [0.1, 0.15) is 0 Å². The lowest BCUT2D eigenvalue weighted by Crippen LogP contribution is -2.06. The smallest absolute Gasteiger partial charge is 0.195 e. The fourth-order valence-electron chi connectivity index (χ4n) is 5.26. The Morgan fingerprint density at radius 2 is 0.972 bits per heavy atom. The highest BCUT2D eigenvalue weighted by atomic mass is 16.1. The number of carbonyl (C=O) groups is 1. The molecule has 0 saturated heterocycles. The summed E-state index contributed by atoms with van der Waals surface area (Å²) in [5.41, 5.74) is 5.97. The molecule has 0 saturated carbocycles. The second-order valence-corrected chi connectivity index (χ2v) is 8.51. The number of hydrogen-bond donors (Lipinski definition) is 0. The minimum absolute atomic E-state index is 0.231. The molecule has 0 atom stereocenters. The molecule has 0 unspecified atom stereocenters. The molecule has 5 nitrogen and oxygen atoms in total. The van der Waals surface area contributed by atoms with Gasteiger partial charge in [-0.2, -0.15) is 21.0 Å². The minimum Gasteiger partial charge on any atom is -0.289 e. The van der Waals surface area contributed by atoms with E-state index in [4.69, 9.17) is 0 Å². The first-order valence-corrected chi connectivity index (χ1v) is 11.1. The van der Waals surface area contributed by atoms with Crippen LogP contribution >= 0.6 is 0 Å². The normalized spacial score (nSPS) is 13.3. The van der Waals surface area contributed by atoms with Crippen molar-refractivity contribution in [2.75, 3.05) is 0 Å². The quantitative estimate of drug-likeness (QED) is 0.381. The highest BCUT2D eigenvalue weighted by Gasteiger charge is 2.41. The monoisotopic (exact) mass is 456 g/mol. The molecule has 0 amide bonds. The number of carbonyl (C=O) groups excluding carboxylic acids is 1. The first-order chi connectivity index (χ1) is 17.6. The maximum absolute atomic E-state index is 14.2. The van der Waals surface area contributed by atoms with Gasteiger partial charge in [0, 0.05) is 33.4 Å². The van der Waals surface area contributed by atoms with Crippen molar-refractivity contribution in [2.24, 2.45) is 0 Å². The van der Waals surface area contributed by atoms with Crippen LogP contribution in [-0.4, -0.2) is 5.78 Å². The van der Waals surface area contributed by atoms with Crippen LogP contribution in [0.1, 0.15) is 44.5 Å². The van der Waals surface area contributed by atoms with Gasteiger partial charge in [0.25, 0.3) is 0 Å². The average Bonchev–Trinajstić information content (AvgIpc) is 3.40. The van der Waals surface area contributed by atoms with Crippen molar-refractivity contribution in [3.05, 3.63) is 117 Å². The highest BCUT2D eigenvalue weighted by molar-refractivity contribution is 6.61. The van der Waals surface area contributed by atoms with E-state index >= 15 is 0 Å². The molecule has 2 aliphatic carbocycles. The Balaban J connectivity index is 1.75. The van der Waals surface area contributed by atoms with E-state index in [1.54, 1.807) is 24.3 Å². The molecule has 4 aromatic rings. The summed E-state index contributed by atoms with van der Waals surface area (Å²) in [6, 6.07) is 29.6. The van der Waals surface area contributed by atoms with Crippen molar-refractivity contribution in [3.63, 3.8) is 0 Å². The molecule has 5 heteroatoms. The fourth-order valence-corrected chi connectivity index (χ4v) is 5.26. The summed E-state index contributed by atoms with van der Waals surface area (Å²) in [5, 5.41) is 40.5. The van der Waals surface area contributed by atoms with Gasteiger partial charge >= 0.3 is 0 Å². The molecule has 0 heterocycles. The maximum Gasteiger partial charge on any atom is 0.195 e. The van der Waals surface area contributed by atoms with Gasteiger partial charge in [0.15, 0.2) is 5.78 Å². The number of fused-ring (bicyclic) bond motifs is 3. The minimum atomic E-state index is -0.297. The zero-order chi connectivity index (χ0) is 25.0. The zero-order valence-corrected chi connectivity index (χ0v) is 18.6. The molecule has 162 valence electrons. The molecule has 6 rings (SSSR count). The molecule has 0 fully saturated rings. The van der Waals surface area contributed by atoms with Crippen LogP contribution in [0.4, 0.5) is 0 Å². The van der Waals surface area contributed by atoms with Crippen molar-refractivity contribution in [3.8, 4) is 24.3 Å². The van der Waals surface area contributed by atoms with Crippen molar-refractivity contribution < 1.29 is 4.79 Å². The summed E-state index contributed by atoms with van der Waals surface area (Å²) in [6.07, 6.45) is 0. The molecular weight excluding hydrogens is 444 g/mol. The molecule has 0 N–H and O–H groups in total. The zero-order valence-electron chi connectivity index (χ0n) is 18.6. The van der Waals surface area contributed by atoms with Crippen LogP contribution in [-0.2, 0) is 4.79 Å². The predicted molar refractivity (Wildman–Crippen MR) is 134 cm³/mol. The van der Waals surface area contributed by atoms with Crippen LogP contribution in [0.25, 0.3) is 33.1 Å². The Morgan fingerprint density at radius 3 is 1.39 bits per heavy atom. The summed E-state index contributed by atoms with van der Waals surface area (Å²) >= 11 is 0. The SMILES string of the molecule is N#Cc1ccc(C2=C3C(=C(c4ccc(C#N)cc4C#N)C2=O)c2cccc4cccc3c24)c(C#N)c1. The van der Waals surface area contributed by atoms with E-state index < -0.39 is 0 Å². The number of rotatable bonds is 2. The molecule has 4 aromatic carbocycles. The van der Waals surface area contributed by atoms with E-state index in [0.717, 1.165) is 33.0 Å². The van der Waals surface area contributed by atoms with Gasteiger partial charge in [0.05, 0.1) is 46.5 Å². The Hall–Kier alpha value is -5.75. The van der Waals surface area contributed by atoms with E-state index in [9.17, 15) is 25.8 Å². The lowest BCUT2D eigenvalue weighted by molar-refractivity contribution is -0.108. The van der Waals surface area contributed by atoms with Crippen LogP contribution in [0.3, 0.4) is 0 Å². The van der Waals surface area contributed by atoms with Gasteiger partial charge < -0.3 is 0 Å². The standard InChI is InChI=1S/C31H12N4O/c32-13-17-7-9-22(20(11-17)15-34)29-27-24-5-1-3-19-4-2-6-25(26(19)24)28(27)30(31(29)36)23-10-8-18(14-33)12-21(23)16-35/h1-12H. The van der Waals surface area contributed by atoms with E-state index in [1.807, 2.05) is 48.5 Å². The van der Waals surface area contributed by atoms with Crippen LogP contribution in [0.2, 0.25) is 0 Å². The number of Topliss-reactive ketones (excluding diaryl/α,β-unsaturated/α-hetero) is 1. The van der Waals surface area contributed by atoms with E-state index in [2.05, 4.69) is 12.1 Å². The summed E-state index contributed by atoms with van der Waals surface area (Å²) < 4.78 is 0. The Morgan fingerprint density at radius 1 is 0.500 bits per heavy atom. The molecular formula is C31H12N4O. The van der Waals surface area contributed by atoms with Gasteiger partial charge in [-0.3, -0.25) is 4.79 Å². The molecule has 0 bridgehead atoms. The largest absolute Gasteiger partial charge is 0.289 e. The van der Waals surface area contributed by atoms with Crippen LogP contribution in [0.15, 0.2) is 72.8 Å². The molecule has 0 spiro atoms. The Labute approximate surface area is 206 Å². The molecule has 0 aliphatic heterocycles. The lowest BCUT2D eigenvalue weighted by Gasteiger charge is -2.11. The van der Waals surface area contributed by atoms with E-state index in [1.165, 1.54) is 12.1 Å². The Kier molecular flexibility index (Phi) is 4.42. The number of allylic oxidation sites excluding steroid dienone is 4. The lowest BCUT2D eigenvalue weighted by atomic mass is 9.89. The van der Waals surface area contributed by atoms with Gasteiger partial charge in [-0.25, -0.2) is 0 Å². The van der Waals surface area contributed by atoms with E-state index in [-0.39, 0.29) is 16.9 Å². The van der Waals surface area contributed by atoms with Crippen LogP contribution < -0.4 is 0 Å². The Bertz CT molecular complexity index is 1810. The van der Waals surface area contributed by atoms with E-state index in [0.29, 0.717) is 33.4 Å². The maximum atomic E-state index is 14.2. The number of nitrogens with zero attached hydrogens (tertiary/aromatic N) is 4. The number of benzene rings is 4. The van der Waals surface area contributed by atoms with Crippen molar-refractivity contribution in [1.29, 1.82) is 21.0 Å². The van der Waals surface area contributed by atoms with Crippen molar-refractivity contribution in [2.45, 2.75) is 0 Å². The molecule has 0 aromatic heterocycles. The fraction of sp³-hybridized carbons (Fsp3) is 0. The summed E-state index contributed by atoms with van der Waals surface area (Å²) in [4.78, 5) is 14.2. The third-order valence-corrected chi connectivity index (χ3v) is 6.72. The third kappa shape index (κ3) is 2.69. The van der Waals surface area contributed by atoms with Crippen LogP contribution in [0, 0.1) is 45.3 Å². The van der Waals surface area contributed by atoms with Gasteiger partial charge in [0.2, 0.25) is 0 Å². The molecule has 0 radical (unpaired) electrons. The van der Waals surface area contributed by atoms with Gasteiger partial charge in [-0.05, 0) is 46.2 Å². The number of hydrogen-bond acceptors (Lipinski definition) is 5. The van der Waals surface area contributed by atoms with Crippen LogP contribution in [0.5, 0.6) is 0 Å². The van der Waals surface area contributed by atoms with Gasteiger partial charge in [-0.1, -0.05) is 48.5 Å². The first kappa shape index (κ1) is 20.8. The number of nitriles is 4. The third-order valence-electron chi connectivity index (χ3n) is 6.72. The summed E-state index contributed by atoms with van der Waals surface area (Å²) in [7, 11) is 0. The van der Waals surface area contributed by atoms with Crippen molar-refractivity contribution >= 4 is 38.8 Å². The summed E-state index contributed by atoms with van der Waals surface area (Å²) in [6.45, 7) is 0. The highest BCUT2D eigenvalue weighted by Crippen LogP contribution is 2.57. The number of ketones is 1. The predicted octanol–water partition coefficient (Wildman–Crippen LogP) is 5.74. The molecule has 2 aliphatic rings. The molecule has 36 heavy (non-hydrogen) atoms. The second-order valence-electron chi connectivity index (χ2n) is 8.51. The average molecular weight is 456 g/mol. The van der Waals surface area contributed by atoms with Crippen molar-refractivity contribution in [1.82, 2.24) is 0 Å². The van der Waals surface area contributed by atoms with Gasteiger partial charge in [-0.15, -0.1) is 0 Å².